The van der Waals surface area contributed by atoms with Crippen molar-refractivity contribution in [1.82, 2.24) is 19.6 Å². The van der Waals surface area contributed by atoms with Gasteiger partial charge in [0.05, 0.1) is 5.69 Å². The van der Waals surface area contributed by atoms with Gasteiger partial charge in [-0.05, 0) is 24.0 Å². The molecule has 118 valence electrons. The first-order valence-corrected chi connectivity index (χ1v) is 7.96. The van der Waals surface area contributed by atoms with Gasteiger partial charge in [0.15, 0.2) is 5.96 Å². The van der Waals surface area contributed by atoms with E-state index in [4.69, 9.17) is 0 Å². The zero-order chi connectivity index (χ0) is 15.6. The molecule has 1 aliphatic rings. The van der Waals surface area contributed by atoms with Gasteiger partial charge in [0, 0.05) is 45.5 Å². The molecule has 1 fully saturated rings. The van der Waals surface area contributed by atoms with E-state index in [2.05, 4.69) is 44.6 Å². The Morgan fingerprint density at radius 2 is 2.27 bits per heavy atom. The zero-order valence-electron chi connectivity index (χ0n) is 13.7. The van der Waals surface area contributed by atoms with Gasteiger partial charge >= 0.3 is 0 Å². The maximum absolute atomic E-state index is 4.63. The molecule has 0 radical (unpaired) electrons. The molecule has 0 amide bonds. The Labute approximate surface area is 132 Å². The third kappa shape index (κ3) is 3.24. The predicted octanol–water partition coefficient (Wildman–Crippen LogP) is 2.18. The lowest BCUT2D eigenvalue weighted by atomic mass is 9.93. The summed E-state index contributed by atoms with van der Waals surface area (Å²) in [5.41, 5.74) is 2.50. The molecule has 0 aliphatic carbocycles. The SMILES string of the molecule is CN=C(NCCc1cn2ccccc2n1)N1CCC(C)(C)C1. The Kier molecular flexibility index (Phi) is 4.05. The third-order valence-electron chi connectivity index (χ3n) is 4.27. The van der Waals surface area contributed by atoms with E-state index in [9.17, 15) is 0 Å². The number of guanidine groups is 1. The van der Waals surface area contributed by atoms with Crippen LogP contribution >= 0.6 is 0 Å². The molecule has 22 heavy (non-hydrogen) atoms. The summed E-state index contributed by atoms with van der Waals surface area (Å²) in [4.78, 5) is 11.4. The fourth-order valence-corrected chi connectivity index (χ4v) is 3.04. The number of imidazole rings is 1. The molecule has 0 bridgehead atoms. The van der Waals surface area contributed by atoms with Crippen LogP contribution in [0.3, 0.4) is 0 Å². The summed E-state index contributed by atoms with van der Waals surface area (Å²) in [6, 6.07) is 6.07. The Balaban J connectivity index is 1.55. The Morgan fingerprint density at radius 3 is 2.95 bits per heavy atom. The van der Waals surface area contributed by atoms with Crippen molar-refractivity contribution in [2.24, 2.45) is 10.4 Å². The van der Waals surface area contributed by atoms with Gasteiger partial charge in [-0.2, -0.15) is 0 Å². The number of nitrogens with zero attached hydrogens (tertiary/aromatic N) is 4. The summed E-state index contributed by atoms with van der Waals surface area (Å²) < 4.78 is 2.06. The number of rotatable bonds is 3. The average molecular weight is 299 g/mol. The zero-order valence-corrected chi connectivity index (χ0v) is 13.7. The molecule has 2 aromatic rings. The third-order valence-corrected chi connectivity index (χ3v) is 4.27. The average Bonchev–Trinajstić information content (AvgIpc) is 3.06. The van der Waals surface area contributed by atoms with E-state index in [0.717, 1.165) is 43.4 Å². The molecule has 5 heteroatoms. The van der Waals surface area contributed by atoms with Crippen LogP contribution < -0.4 is 5.32 Å². The lowest BCUT2D eigenvalue weighted by molar-refractivity contribution is 0.370. The van der Waals surface area contributed by atoms with Crippen LogP contribution in [-0.4, -0.2) is 46.9 Å². The van der Waals surface area contributed by atoms with Crippen molar-refractivity contribution in [3.05, 3.63) is 36.3 Å². The van der Waals surface area contributed by atoms with Gasteiger partial charge < -0.3 is 14.6 Å². The fraction of sp³-hybridized carbons (Fsp3) is 0.529. The monoisotopic (exact) mass is 299 g/mol. The summed E-state index contributed by atoms with van der Waals surface area (Å²) in [5, 5.41) is 3.47. The summed E-state index contributed by atoms with van der Waals surface area (Å²) in [6.45, 7) is 7.64. The number of hydrogen-bond donors (Lipinski definition) is 1. The molecule has 3 rings (SSSR count). The molecule has 3 heterocycles. The van der Waals surface area contributed by atoms with Crippen LogP contribution in [0.25, 0.3) is 5.65 Å². The minimum atomic E-state index is 0.388. The number of nitrogens with one attached hydrogen (secondary N) is 1. The first-order valence-electron chi connectivity index (χ1n) is 7.96. The number of hydrogen-bond acceptors (Lipinski definition) is 2. The van der Waals surface area contributed by atoms with Crippen LogP contribution in [0.15, 0.2) is 35.6 Å². The number of likely N-dealkylation sites (tertiary alicyclic amines) is 1. The smallest absolute Gasteiger partial charge is 0.193 e. The van der Waals surface area contributed by atoms with Crippen LogP contribution in [0.2, 0.25) is 0 Å². The van der Waals surface area contributed by atoms with Crippen molar-refractivity contribution in [2.45, 2.75) is 26.7 Å². The molecule has 0 atom stereocenters. The Morgan fingerprint density at radius 1 is 1.41 bits per heavy atom. The van der Waals surface area contributed by atoms with E-state index in [0.29, 0.717) is 5.41 Å². The highest BCUT2D eigenvalue weighted by atomic mass is 15.3. The highest BCUT2D eigenvalue weighted by Gasteiger charge is 2.30. The molecular formula is C17H25N5. The van der Waals surface area contributed by atoms with Gasteiger partial charge in [0.2, 0.25) is 0 Å². The maximum atomic E-state index is 4.63. The molecule has 0 unspecified atom stereocenters. The predicted molar refractivity (Wildman–Crippen MR) is 90.2 cm³/mol. The van der Waals surface area contributed by atoms with Crippen LogP contribution in [0.1, 0.15) is 26.0 Å². The second kappa shape index (κ2) is 5.99. The van der Waals surface area contributed by atoms with E-state index in [1.54, 1.807) is 0 Å². The van der Waals surface area contributed by atoms with E-state index in [1.807, 2.05) is 31.4 Å². The van der Waals surface area contributed by atoms with Crippen molar-refractivity contribution in [1.29, 1.82) is 0 Å². The minimum Gasteiger partial charge on any atom is -0.356 e. The van der Waals surface area contributed by atoms with Crippen molar-refractivity contribution in [2.75, 3.05) is 26.7 Å². The maximum Gasteiger partial charge on any atom is 0.193 e. The largest absolute Gasteiger partial charge is 0.356 e. The molecule has 0 saturated carbocycles. The van der Waals surface area contributed by atoms with E-state index in [-0.39, 0.29) is 0 Å². The highest BCUT2D eigenvalue weighted by molar-refractivity contribution is 5.80. The Bertz CT molecular complexity index is 637. The number of fused-ring (bicyclic) bond motifs is 1. The first-order chi connectivity index (χ1) is 10.6. The van der Waals surface area contributed by atoms with Gasteiger partial charge in [-0.15, -0.1) is 0 Å². The summed E-state index contributed by atoms with van der Waals surface area (Å²) in [7, 11) is 1.86. The topological polar surface area (TPSA) is 44.9 Å². The van der Waals surface area contributed by atoms with Crippen molar-refractivity contribution in [3.8, 4) is 0 Å². The number of aromatic nitrogens is 2. The molecule has 1 N–H and O–H groups in total. The lowest BCUT2D eigenvalue weighted by Crippen LogP contribution is -2.41. The lowest BCUT2D eigenvalue weighted by Gasteiger charge is -2.23. The van der Waals surface area contributed by atoms with Crippen molar-refractivity contribution in [3.63, 3.8) is 0 Å². The molecule has 0 aromatic carbocycles. The standard InChI is InChI=1S/C17H25N5/c1-17(2)8-11-22(13-17)16(18-3)19-9-7-14-12-21-10-5-4-6-15(21)20-14/h4-6,10,12H,7-9,11,13H2,1-3H3,(H,18,19). The van der Waals surface area contributed by atoms with Gasteiger partial charge in [-0.3, -0.25) is 4.99 Å². The second-order valence-electron chi connectivity index (χ2n) is 6.76. The van der Waals surface area contributed by atoms with Crippen molar-refractivity contribution < 1.29 is 0 Å². The van der Waals surface area contributed by atoms with Gasteiger partial charge in [-0.1, -0.05) is 19.9 Å². The normalized spacial score (nSPS) is 18.1. The van der Waals surface area contributed by atoms with Crippen LogP contribution in [-0.2, 0) is 6.42 Å². The highest BCUT2D eigenvalue weighted by Crippen LogP contribution is 2.28. The van der Waals surface area contributed by atoms with E-state index in [1.165, 1.54) is 6.42 Å². The first kappa shape index (κ1) is 14.9. The van der Waals surface area contributed by atoms with Crippen LogP contribution in [0.5, 0.6) is 0 Å². The summed E-state index contributed by atoms with van der Waals surface area (Å²) >= 11 is 0. The van der Waals surface area contributed by atoms with E-state index >= 15 is 0 Å². The van der Waals surface area contributed by atoms with Gasteiger partial charge in [0.25, 0.3) is 0 Å². The summed E-state index contributed by atoms with van der Waals surface area (Å²) in [5.74, 6) is 1.01. The van der Waals surface area contributed by atoms with Gasteiger partial charge in [0.1, 0.15) is 5.65 Å². The molecular weight excluding hydrogens is 274 g/mol. The molecule has 2 aromatic heterocycles. The van der Waals surface area contributed by atoms with Gasteiger partial charge in [-0.25, -0.2) is 4.98 Å². The minimum absolute atomic E-state index is 0.388. The quantitative estimate of drug-likeness (QED) is 0.698. The van der Waals surface area contributed by atoms with Crippen LogP contribution in [0, 0.1) is 5.41 Å². The molecule has 5 nitrogen and oxygen atoms in total. The fourth-order valence-electron chi connectivity index (χ4n) is 3.04. The molecule has 1 aliphatic heterocycles. The van der Waals surface area contributed by atoms with E-state index < -0.39 is 0 Å². The Hall–Kier alpha value is -2.04. The van der Waals surface area contributed by atoms with Crippen molar-refractivity contribution >= 4 is 11.6 Å². The number of aliphatic imine (C=N–C) groups is 1. The van der Waals surface area contributed by atoms with Crippen LogP contribution in [0.4, 0.5) is 0 Å². The number of pyridine rings is 1. The molecule has 1 saturated heterocycles. The summed E-state index contributed by atoms with van der Waals surface area (Å²) in [6.07, 6.45) is 6.25. The molecule has 0 spiro atoms. The second-order valence-corrected chi connectivity index (χ2v) is 6.76.